The van der Waals surface area contributed by atoms with Gasteiger partial charge in [-0.3, -0.25) is 4.79 Å². The molecule has 2 aromatic rings. The van der Waals surface area contributed by atoms with Crippen LogP contribution in [0.1, 0.15) is 53.0 Å². The van der Waals surface area contributed by atoms with E-state index < -0.39 is 5.97 Å². The summed E-state index contributed by atoms with van der Waals surface area (Å²) in [6, 6.07) is 7.86. The van der Waals surface area contributed by atoms with E-state index in [2.05, 4.69) is 15.9 Å². The summed E-state index contributed by atoms with van der Waals surface area (Å²) in [4.78, 5) is 22.5. The van der Waals surface area contributed by atoms with Crippen LogP contribution in [-0.2, 0) is 6.42 Å². The molecule has 0 aliphatic heterocycles. The van der Waals surface area contributed by atoms with Gasteiger partial charge in [-0.05, 0) is 59.6 Å². The van der Waals surface area contributed by atoms with E-state index in [0.717, 1.165) is 6.42 Å². The first-order valence-corrected chi connectivity index (χ1v) is 9.78. The molecule has 150 valence electrons. The van der Waals surface area contributed by atoms with Crippen molar-refractivity contribution in [2.45, 2.75) is 33.1 Å². The summed E-state index contributed by atoms with van der Waals surface area (Å²) in [7, 11) is 0. The van der Waals surface area contributed by atoms with Crippen LogP contribution in [0.25, 0.3) is 0 Å². The summed E-state index contributed by atoms with van der Waals surface area (Å²) in [5.41, 5.74) is 1.12. The summed E-state index contributed by atoms with van der Waals surface area (Å²) >= 11 is 3.30. The Balaban J connectivity index is 1.92. The number of carboxylic acid groups (broad SMARTS) is 1. The predicted molar refractivity (Wildman–Crippen MR) is 109 cm³/mol. The van der Waals surface area contributed by atoms with Gasteiger partial charge in [0.2, 0.25) is 0 Å². The second kappa shape index (κ2) is 10.1. The van der Waals surface area contributed by atoms with Gasteiger partial charge in [0.25, 0.3) is 0 Å². The Labute approximate surface area is 172 Å². The van der Waals surface area contributed by atoms with Crippen molar-refractivity contribution >= 4 is 27.7 Å². The number of aromatic hydroxyl groups is 1. The molecule has 2 N–H and O–H groups in total. The number of rotatable bonds is 10. The Bertz CT molecular complexity index is 862. The molecular weight excluding hydrogens is 428 g/mol. The first kappa shape index (κ1) is 21.8. The number of ketones is 1. The highest BCUT2D eigenvalue weighted by Gasteiger charge is 2.16. The van der Waals surface area contributed by atoms with E-state index in [0.29, 0.717) is 53.2 Å². The smallest absolute Gasteiger partial charge is 0.335 e. The fraction of sp³-hybridized carbons (Fsp3) is 0.333. The van der Waals surface area contributed by atoms with Gasteiger partial charge in [-0.2, -0.15) is 0 Å². The van der Waals surface area contributed by atoms with Gasteiger partial charge in [-0.1, -0.05) is 13.3 Å². The lowest BCUT2D eigenvalue weighted by atomic mass is 10.0. The number of hydrogen-bond acceptors (Lipinski definition) is 5. The molecule has 0 bridgehead atoms. The minimum atomic E-state index is -0.998. The van der Waals surface area contributed by atoms with E-state index in [4.69, 9.17) is 14.6 Å². The van der Waals surface area contributed by atoms with Crippen molar-refractivity contribution in [1.82, 2.24) is 0 Å². The number of carbonyl (C=O) groups excluding carboxylic acids is 1. The monoisotopic (exact) mass is 450 g/mol. The molecule has 0 aromatic heterocycles. The minimum Gasteiger partial charge on any atom is -0.507 e. The van der Waals surface area contributed by atoms with Gasteiger partial charge in [-0.15, -0.1) is 0 Å². The summed E-state index contributed by atoms with van der Waals surface area (Å²) in [6.07, 6.45) is 2.02. The number of Topliss-reactive ketones (excluding diaryl/α,β-unsaturated/α-hetero) is 1. The molecule has 6 nitrogen and oxygen atoms in total. The molecule has 0 fully saturated rings. The number of carboxylic acids is 1. The predicted octanol–water partition coefficient (Wildman–Crippen LogP) is 4.86. The molecule has 2 aromatic carbocycles. The zero-order valence-electron chi connectivity index (χ0n) is 15.8. The number of aromatic carboxylic acids is 1. The molecule has 7 heteroatoms. The van der Waals surface area contributed by atoms with Crippen molar-refractivity contribution in [2.24, 2.45) is 0 Å². The lowest BCUT2D eigenvalue weighted by Crippen LogP contribution is -2.07. The van der Waals surface area contributed by atoms with Gasteiger partial charge >= 0.3 is 5.97 Å². The van der Waals surface area contributed by atoms with E-state index >= 15 is 0 Å². The van der Waals surface area contributed by atoms with Crippen molar-refractivity contribution in [3.05, 3.63) is 51.5 Å². The number of ether oxygens (including phenoxy) is 2. The minimum absolute atomic E-state index is 0.00875. The Morgan fingerprint density at radius 2 is 1.71 bits per heavy atom. The van der Waals surface area contributed by atoms with Crippen LogP contribution >= 0.6 is 15.9 Å². The summed E-state index contributed by atoms with van der Waals surface area (Å²) in [5, 5.41) is 19.3. The van der Waals surface area contributed by atoms with Crippen molar-refractivity contribution in [3.63, 3.8) is 0 Å². The first-order valence-electron chi connectivity index (χ1n) is 8.99. The van der Waals surface area contributed by atoms with Crippen molar-refractivity contribution < 1.29 is 29.3 Å². The van der Waals surface area contributed by atoms with E-state index in [9.17, 15) is 14.7 Å². The maximum Gasteiger partial charge on any atom is 0.335 e. The first-order chi connectivity index (χ1) is 13.3. The number of phenols is 1. The SMILES string of the molecule is CCCc1c(OCCCOc2ccc(C(=O)O)cc2Br)ccc(C(C)=O)c1O. The molecule has 28 heavy (non-hydrogen) atoms. The number of halogens is 1. The normalized spacial score (nSPS) is 10.5. The topological polar surface area (TPSA) is 93.1 Å². The van der Waals surface area contributed by atoms with Gasteiger partial charge < -0.3 is 19.7 Å². The summed E-state index contributed by atoms with van der Waals surface area (Å²) in [5.74, 6) is -0.0705. The van der Waals surface area contributed by atoms with Crippen LogP contribution in [0.3, 0.4) is 0 Å². The standard InChI is InChI=1S/C21H23BrO6/c1-3-5-16-18(9-7-15(13(2)23)20(16)24)27-10-4-11-28-19-8-6-14(21(25)26)12-17(19)22/h6-9,12,24H,3-5,10-11H2,1-2H3,(H,25,26). The molecule has 0 unspecified atom stereocenters. The number of hydrogen-bond donors (Lipinski definition) is 2. The highest BCUT2D eigenvalue weighted by Crippen LogP contribution is 2.33. The summed E-state index contributed by atoms with van der Waals surface area (Å²) in [6.45, 7) is 4.17. The third kappa shape index (κ3) is 5.48. The molecule has 0 heterocycles. The molecule has 0 radical (unpaired) electrons. The van der Waals surface area contributed by atoms with Crippen LogP contribution in [-0.4, -0.2) is 35.2 Å². The maximum atomic E-state index is 11.6. The fourth-order valence-corrected chi connectivity index (χ4v) is 3.20. The molecular formula is C21H23BrO6. The highest BCUT2D eigenvalue weighted by molar-refractivity contribution is 9.10. The van der Waals surface area contributed by atoms with E-state index in [-0.39, 0.29) is 17.1 Å². The highest BCUT2D eigenvalue weighted by atomic mass is 79.9. The van der Waals surface area contributed by atoms with Gasteiger partial charge in [0.15, 0.2) is 5.78 Å². The lowest BCUT2D eigenvalue weighted by Gasteiger charge is -2.15. The third-order valence-corrected chi connectivity index (χ3v) is 4.72. The van der Waals surface area contributed by atoms with Crippen molar-refractivity contribution in [1.29, 1.82) is 0 Å². The number of phenolic OH excluding ortho intramolecular Hbond substituents is 1. The number of benzene rings is 2. The van der Waals surface area contributed by atoms with Crippen LogP contribution in [0.4, 0.5) is 0 Å². The third-order valence-electron chi connectivity index (χ3n) is 4.10. The van der Waals surface area contributed by atoms with Crippen molar-refractivity contribution in [2.75, 3.05) is 13.2 Å². The average Bonchev–Trinajstić information content (AvgIpc) is 2.64. The molecule has 0 aliphatic rings. The zero-order valence-corrected chi connectivity index (χ0v) is 17.4. The Morgan fingerprint density at radius 1 is 1.07 bits per heavy atom. The Hall–Kier alpha value is -2.54. The van der Waals surface area contributed by atoms with Crippen LogP contribution in [0, 0.1) is 0 Å². The molecule has 0 aliphatic carbocycles. The molecule has 0 atom stereocenters. The Kier molecular flexibility index (Phi) is 7.87. The van der Waals surface area contributed by atoms with Crippen molar-refractivity contribution in [3.8, 4) is 17.2 Å². The lowest BCUT2D eigenvalue weighted by molar-refractivity contribution is 0.0696. The van der Waals surface area contributed by atoms with Gasteiger partial charge in [-0.25, -0.2) is 4.79 Å². The average molecular weight is 451 g/mol. The molecule has 0 amide bonds. The van der Waals surface area contributed by atoms with Gasteiger partial charge in [0, 0.05) is 12.0 Å². The summed E-state index contributed by atoms with van der Waals surface area (Å²) < 4.78 is 12.0. The van der Waals surface area contributed by atoms with Gasteiger partial charge in [0.05, 0.1) is 28.8 Å². The van der Waals surface area contributed by atoms with Crippen LogP contribution in [0.15, 0.2) is 34.8 Å². The quantitative estimate of drug-likeness (QED) is 0.396. The van der Waals surface area contributed by atoms with E-state index in [1.807, 2.05) is 6.92 Å². The molecule has 0 saturated carbocycles. The zero-order chi connectivity index (χ0) is 20.7. The molecule has 0 spiro atoms. The second-order valence-corrected chi connectivity index (χ2v) is 7.10. The second-order valence-electron chi connectivity index (χ2n) is 6.25. The molecule has 2 rings (SSSR count). The largest absolute Gasteiger partial charge is 0.507 e. The Morgan fingerprint density at radius 3 is 2.29 bits per heavy atom. The van der Waals surface area contributed by atoms with Crippen LogP contribution in [0.5, 0.6) is 17.2 Å². The maximum absolute atomic E-state index is 11.6. The number of carbonyl (C=O) groups is 2. The van der Waals surface area contributed by atoms with E-state index in [1.165, 1.54) is 19.1 Å². The van der Waals surface area contributed by atoms with Crippen LogP contribution in [0.2, 0.25) is 0 Å². The van der Waals surface area contributed by atoms with Gasteiger partial charge in [0.1, 0.15) is 17.2 Å². The van der Waals surface area contributed by atoms with E-state index in [1.54, 1.807) is 18.2 Å². The molecule has 0 saturated heterocycles. The van der Waals surface area contributed by atoms with Crippen LogP contribution < -0.4 is 9.47 Å². The fourth-order valence-electron chi connectivity index (χ4n) is 2.70.